The molecule has 0 fully saturated rings. The molecule has 258 valence electrons. The van der Waals surface area contributed by atoms with Gasteiger partial charge in [-0.25, -0.2) is 0 Å². The number of benzene rings is 4. The summed E-state index contributed by atoms with van der Waals surface area (Å²) in [7, 11) is 1.37. The molecular formula is C39H42N6O5. The number of methoxy groups -OCH3 is 1. The van der Waals surface area contributed by atoms with Crippen LogP contribution in [-0.2, 0) is 38.0 Å². The second kappa shape index (κ2) is 13.4. The van der Waals surface area contributed by atoms with Crippen molar-refractivity contribution < 1.29 is 24.2 Å². The van der Waals surface area contributed by atoms with Crippen molar-refractivity contribution in [2.45, 2.75) is 78.1 Å². The molecule has 1 N–H and O–H groups in total. The SMILES string of the molecule is COC(=O)CCc1cc(-n2nc3ccccc3n2)c(OC(=O)CCc2cc(-n3nc4ccccc4n3)c(O)c(C(C)(C)C)c2)c(C(C)(C)C)c1. The number of carbonyl (C=O) groups is 2. The number of esters is 2. The van der Waals surface area contributed by atoms with E-state index in [0.29, 0.717) is 52.0 Å². The zero-order valence-electron chi connectivity index (χ0n) is 29.5. The number of fused-ring (bicyclic) bond motifs is 2. The largest absolute Gasteiger partial charge is 0.505 e. The quantitative estimate of drug-likeness (QED) is 0.126. The zero-order chi connectivity index (χ0) is 35.8. The summed E-state index contributed by atoms with van der Waals surface area (Å²) >= 11 is 0. The van der Waals surface area contributed by atoms with Crippen molar-refractivity contribution in [1.29, 1.82) is 0 Å². The van der Waals surface area contributed by atoms with Crippen molar-refractivity contribution in [1.82, 2.24) is 30.0 Å². The van der Waals surface area contributed by atoms with Crippen molar-refractivity contribution in [3.8, 4) is 22.9 Å². The van der Waals surface area contributed by atoms with Gasteiger partial charge < -0.3 is 14.6 Å². The predicted molar refractivity (Wildman–Crippen MR) is 191 cm³/mol. The molecule has 0 radical (unpaired) electrons. The van der Waals surface area contributed by atoms with Gasteiger partial charge in [-0.3, -0.25) is 9.59 Å². The molecule has 6 rings (SSSR count). The zero-order valence-corrected chi connectivity index (χ0v) is 29.5. The average molecular weight is 675 g/mol. The lowest BCUT2D eigenvalue weighted by Crippen LogP contribution is -2.20. The van der Waals surface area contributed by atoms with E-state index in [2.05, 4.69) is 10.2 Å². The molecule has 0 aliphatic heterocycles. The maximum atomic E-state index is 13.8. The molecule has 0 aliphatic rings. The molecule has 0 bridgehead atoms. The van der Waals surface area contributed by atoms with Gasteiger partial charge in [0.1, 0.15) is 39.2 Å². The first-order chi connectivity index (χ1) is 23.7. The van der Waals surface area contributed by atoms with Gasteiger partial charge in [-0.1, -0.05) is 77.9 Å². The minimum atomic E-state index is -0.439. The van der Waals surface area contributed by atoms with E-state index in [1.807, 2.05) is 114 Å². The molecule has 2 aromatic heterocycles. The number of aromatic nitrogens is 6. The van der Waals surface area contributed by atoms with Gasteiger partial charge in [0.25, 0.3) is 0 Å². The Morgan fingerprint density at radius 3 is 1.52 bits per heavy atom. The molecule has 11 heteroatoms. The summed E-state index contributed by atoms with van der Waals surface area (Å²) < 4.78 is 11.1. The van der Waals surface area contributed by atoms with Gasteiger partial charge in [0.15, 0.2) is 5.75 Å². The third-order valence-corrected chi connectivity index (χ3v) is 8.58. The van der Waals surface area contributed by atoms with E-state index in [1.165, 1.54) is 16.7 Å². The second-order valence-corrected chi connectivity index (χ2v) is 14.5. The maximum absolute atomic E-state index is 13.8. The van der Waals surface area contributed by atoms with Crippen LogP contribution in [0.5, 0.6) is 11.5 Å². The van der Waals surface area contributed by atoms with Gasteiger partial charge >= 0.3 is 11.9 Å². The lowest BCUT2D eigenvalue weighted by Gasteiger charge is -2.25. The minimum absolute atomic E-state index is 0.0595. The van der Waals surface area contributed by atoms with Crippen LogP contribution >= 0.6 is 0 Å². The number of ether oxygens (including phenoxy) is 2. The van der Waals surface area contributed by atoms with Gasteiger partial charge in [0, 0.05) is 24.0 Å². The molecule has 0 spiro atoms. The number of aryl methyl sites for hydroxylation is 2. The van der Waals surface area contributed by atoms with E-state index in [1.54, 1.807) is 0 Å². The van der Waals surface area contributed by atoms with Crippen LogP contribution in [-0.4, -0.2) is 54.1 Å². The molecule has 0 unspecified atom stereocenters. The van der Waals surface area contributed by atoms with Crippen molar-refractivity contribution in [3.05, 3.63) is 95.1 Å². The number of aromatic hydroxyl groups is 1. The summed E-state index contributed by atoms with van der Waals surface area (Å²) in [6, 6.07) is 22.6. The molecule has 4 aromatic carbocycles. The number of hydrogen-bond donors (Lipinski definition) is 1. The van der Waals surface area contributed by atoms with E-state index < -0.39 is 16.8 Å². The van der Waals surface area contributed by atoms with Crippen LogP contribution in [0.25, 0.3) is 33.4 Å². The molecule has 0 saturated carbocycles. The molecule has 0 amide bonds. The average Bonchev–Trinajstić information content (AvgIpc) is 3.70. The lowest BCUT2D eigenvalue weighted by molar-refractivity contribution is -0.140. The Balaban J connectivity index is 1.35. The topological polar surface area (TPSA) is 134 Å². The van der Waals surface area contributed by atoms with Gasteiger partial charge in [0.2, 0.25) is 0 Å². The summed E-state index contributed by atoms with van der Waals surface area (Å²) in [5, 5.41) is 30.0. The van der Waals surface area contributed by atoms with Crippen LogP contribution < -0.4 is 4.74 Å². The molecule has 6 aromatic rings. The Bertz CT molecular complexity index is 2150. The fourth-order valence-electron chi connectivity index (χ4n) is 5.87. The molecule has 11 nitrogen and oxygen atoms in total. The second-order valence-electron chi connectivity index (χ2n) is 14.5. The minimum Gasteiger partial charge on any atom is -0.505 e. The van der Waals surface area contributed by atoms with Crippen molar-refractivity contribution >= 4 is 34.0 Å². The Labute approximate surface area is 290 Å². The van der Waals surface area contributed by atoms with Gasteiger partial charge in [0.05, 0.1) is 7.11 Å². The highest BCUT2D eigenvalue weighted by atomic mass is 16.5. The highest BCUT2D eigenvalue weighted by molar-refractivity contribution is 5.77. The van der Waals surface area contributed by atoms with Crippen LogP contribution in [0, 0.1) is 0 Å². The van der Waals surface area contributed by atoms with Crippen molar-refractivity contribution in [2.24, 2.45) is 0 Å². The van der Waals surface area contributed by atoms with E-state index in [0.717, 1.165) is 22.3 Å². The Hall–Kier alpha value is -5.58. The van der Waals surface area contributed by atoms with E-state index in [9.17, 15) is 14.7 Å². The first kappa shape index (κ1) is 34.3. The van der Waals surface area contributed by atoms with Gasteiger partial charge in [-0.15, -0.1) is 30.0 Å². The van der Waals surface area contributed by atoms with Crippen molar-refractivity contribution in [2.75, 3.05) is 7.11 Å². The number of nitrogens with zero attached hydrogens (tertiary/aromatic N) is 6. The normalized spacial score (nSPS) is 12.1. The molecule has 2 heterocycles. The highest BCUT2D eigenvalue weighted by Crippen LogP contribution is 2.39. The fourth-order valence-corrected chi connectivity index (χ4v) is 5.87. The summed E-state index contributed by atoms with van der Waals surface area (Å²) in [5.41, 5.74) is 6.10. The van der Waals surface area contributed by atoms with E-state index in [-0.39, 0.29) is 24.6 Å². The third kappa shape index (κ3) is 7.22. The molecule has 0 aliphatic carbocycles. The Morgan fingerprint density at radius 1 is 0.640 bits per heavy atom. The summed E-state index contributed by atoms with van der Waals surface area (Å²) in [5.74, 6) is -0.301. The number of phenols is 1. The standard InChI is InChI=1S/C39H42N6O5/c1-38(2,3)26-20-24(22-32(36(26)48)44-40-28-12-8-9-13-29(28)41-44)17-19-35(47)50-37-27(39(4,5)6)21-25(16-18-34(46)49-7)23-33(37)45-42-30-14-10-11-15-31(30)43-45/h8-15,20-23,48H,16-19H2,1-7H3. The summed E-state index contributed by atoms with van der Waals surface area (Å²) in [4.78, 5) is 28.7. The van der Waals surface area contributed by atoms with Crippen molar-refractivity contribution in [3.63, 3.8) is 0 Å². The van der Waals surface area contributed by atoms with E-state index >= 15 is 0 Å². The molecule has 0 atom stereocenters. The fraction of sp³-hybridized carbons (Fsp3) is 0.333. The van der Waals surface area contributed by atoms with E-state index in [4.69, 9.17) is 19.7 Å². The third-order valence-electron chi connectivity index (χ3n) is 8.58. The van der Waals surface area contributed by atoms with Crippen LogP contribution in [0.3, 0.4) is 0 Å². The Kier molecular flexibility index (Phi) is 9.17. The van der Waals surface area contributed by atoms with Crippen LogP contribution in [0.2, 0.25) is 0 Å². The predicted octanol–water partition coefficient (Wildman–Crippen LogP) is 7.10. The summed E-state index contributed by atoms with van der Waals surface area (Å²) in [6.07, 6.45) is 1.03. The first-order valence-electron chi connectivity index (χ1n) is 16.7. The lowest BCUT2D eigenvalue weighted by atomic mass is 9.84. The van der Waals surface area contributed by atoms with Crippen LogP contribution in [0.4, 0.5) is 0 Å². The number of phenolic OH excluding ortho intramolecular Hbond substituents is 1. The summed E-state index contributed by atoms with van der Waals surface area (Å²) in [6.45, 7) is 12.2. The number of carbonyl (C=O) groups excluding carboxylic acids is 2. The number of rotatable bonds is 9. The molecular weight excluding hydrogens is 632 g/mol. The van der Waals surface area contributed by atoms with Crippen LogP contribution in [0.1, 0.15) is 76.6 Å². The van der Waals surface area contributed by atoms with Gasteiger partial charge in [-0.05, 0) is 71.2 Å². The molecule has 50 heavy (non-hydrogen) atoms. The maximum Gasteiger partial charge on any atom is 0.311 e. The molecule has 0 saturated heterocycles. The first-order valence-corrected chi connectivity index (χ1v) is 16.7. The number of hydrogen-bond acceptors (Lipinski definition) is 9. The van der Waals surface area contributed by atoms with Gasteiger partial charge in [-0.2, -0.15) is 0 Å². The smallest absolute Gasteiger partial charge is 0.311 e. The Morgan fingerprint density at radius 2 is 1.06 bits per heavy atom. The van der Waals surface area contributed by atoms with Crippen LogP contribution in [0.15, 0.2) is 72.8 Å². The monoisotopic (exact) mass is 674 g/mol. The highest BCUT2D eigenvalue weighted by Gasteiger charge is 2.28.